The molecule has 168 valence electrons. The molecular weight excluding hydrogens is 408 g/mol. The zero-order valence-electron chi connectivity index (χ0n) is 18.7. The van der Waals surface area contributed by atoms with Crippen molar-refractivity contribution in [1.82, 2.24) is 34.6 Å². The van der Waals surface area contributed by atoms with E-state index in [4.69, 9.17) is 0 Å². The first-order valence-electron chi connectivity index (χ1n) is 10.8. The lowest BCUT2D eigenvalue weighted by Crippen LogP contribution is -2.44. The summed E-state index contributed by atoms with van der Waals surface area (Å²) in [5.74, 6) is 1.36. The number of carbonyl (C=O) groups excluding carboxylic acids is 1. The van der Waals surface area contributed by atoms with Crippen LogP contribution in [0.5, 0.6) is 0 Å². The molecule has 32 heavy (non-hydrogen) atoms. The summed E-state index contributed by atoms with van der Waals surface area (Å²) in [7, 11) is 0. The molecule has 3 aromatic heterocycles. The lowest BCUT2D eigenvalue weighted by atomic mass is 9.97. The number of piperidine rings is 1. The van der Waals surface area contributed by atoms with Crippen LogP contribution in [-0.4, -0.2) is 54.8 Å². The maximum Gasteiger partial charge on any atom is 0.253 e. The third-order valence-corrected chi connectivity index (χ3v) is 5.65. The number of anilines is 1. The second-order valence-corrected chi connectivity index (χ2v) is 8.21. The van der Waals surface area contributed by atoms with Crippen molar-refractivity contribution in [3.05, 3.63) is 58.3 Å². The monoisotopic (exact) mass is 436 g/mol. The predicted molar refractivity (Wildman–Crippen MR) is 120 cm³/mol. The van der Waals surface area contributed by atoms with Crippen molar-refractivity contribution in [3.63, 3.8) is 0 Å². The van der Waals surface area contributed by atoms with Crippen LogP contribution in [0.15, 0.2) is 35.6 Å². The summed E-state index contributed by atoms with van der Waals surface area (Å²) in [5.41, 5.74) is 2.51. The van der Waals surface area contributed by atoms with Crippen molar-refractivity contribution in [3.8, 4) is 5.82 Å². The van der Waals surface area contributed by atoms with Gasteiger partial charge in [0, 0.05) is 49.7 Å². The molecule has 3 aromatic rings. The predicted octanol–water partition coefficient (Wildman–Crippen LogP) is 1.18. The SMILES string of the molecule is Cc1cc(=O)n(CCNC(=O)C2CCCN(c3cc(-n4nc(C)cc4C)ncn3)C2)cn1. The van der Waals surface area contributed by atoms with Gasteiger partial charge in [-0.15, -0.1) is 0 Å². The molecule has 0 aromatic carbocycles. The molecule has 1 aliphatic heterocycles. The van der Waals surface area contributed by atoms with E-state index in [1.165, 1.54) is 23.3 Å². The van der Waals surface area contributed by atoms with E-state index in [2.05, 4.69) is 30.3 Å². The number of nitrogens with one attached hydrogen (secondary N) is 1. The van der Waals surface area contributed by atoms with Gasteiger partial charge < -0.3 is 10.2 Å². The van der Waals surface area contributed by atoms with Crippen LogP contribution in [0.4, 0.5) is 5.82 Å². The lowest BCUT2D eigenvalue weighted by molar-refractivity contribution is -0.125. The Labute approximate surface area is 186 Å². The van der Waals surface area contributed by atoms with E-state index >= 15 is 0 Å². The Morgan fingerprint density at radius 2 is 1.91 bits per heavy atom. The molecule has 1 atom stereocenters. The van der Waals surface area contributed by atoms with Crippen molar-refractivity contribution in [2.24, 2.45) is 5.92 Å². The molecule has 0 saturated carbocycles. The maximum atomic E-state index is 12.8. The van der Waals surface area contributed by atoms with Crippen LogP contribution in [0, 0.1) is 26.7 Å². The van der Waals surface area contributed by atoms with Gasteiger partial charge in [0.15, 0.2) is 5.82 Å². The van der Waals surface area contributed by atoms with Crippen LogP contribution in [0.3, 0.4) is 0 Å². The van der Waals surface area contributed by atoms with Gasteiger partial charge >= 0.3 is 0 Å². The van der Waals surface area contributed by atoms with Gasteiger partial charge in [-0.1, -0.05) is 0 Å². The van der Waals surface area contributed by atoms with E-state index in [1.807, 2.05) is 26.0 Å². The van der Waals surface area contributed by atoms with Crippen LogP contribution in [0.1, 0.15) is 29.9 Å². The smallest absolute Gasteiger partial charge is 0.253 e. The minimum absolute atomic E-state index is 0.00403. The van der Waals surface area contributed by atoms with Gasteiger partial charge in [0.1, 0.15) is 12.1 Å². The average Bonchev–Trinajstić information content (AvgIpc) is 3.13. The third kappa shape index (κ3) is 4.84. The number of nitrogens with zero attached hydrogens (tertiary/aromatic N) is 7. The topological polar surface area (TPSA) is 111 Å². The van der Waals surface area contributed by atoms with Crippen LogP contribution in [0.2, 0.25) is 0 Å². The summed E-state index contributed by atoms with van der Waals surface area (Å²) in [6.45, 7) is 7.92. The normalized spacial score (nSPS) is 16.2. The second-order valence-electron chi connectivity index (χ2n) is 8.21. The highest BCUT2D eigenvalue weighted by Gasteiger charge is 2.26. The molecule has 0 radical (unpaired) electrons. The highest BCUT2D eigenvalue weighted by Crippen LogP contribution is 2.23. The Morgan fingerprint density at radius 1 is 1.09 bits per heavy atom. The van der Waals surface area contributed by atoms with Gasteiger partial charge in [-0.2, -0.15) is 5.10 Å². The van der Waals surface area contributed by atoms with E-state index in [0.717, 1.165) is 36.6 Å². The van der Waals surface area contributed by atoms with Gasteiger partial charge in [-0.25, -0.2) is 19.6 Å². The summed E-state index contributed by atoms with van der Waals surface area (Å²) < 4.78 is 3.30. The van der Waals surface area contributed by atoms with Gasteiger partial charge in [0.05, 0.1) is 17.9 Å². The number of amides is 1. The molecule has 4 rings (SSSR count). The Balaban J connectivity index is 1.38. The summed E-state index contributed by atoms with van der Waals surface area (Å²) in [4.78, 5) is 39.8. The lowest BCUT2D eigenvalue weighted by Gasteiger charge is -2.33. The highest BCUT2D eigenvalue weighted by molar-refractivity contribution is 5.79. The zero-order valence-corrected chi connectivity index (χ0v) is 18.7. The Hall–Kier alpha value is -3.56. The molecule has 1 amide bonds. The van der Waals surface area contributed by atoms with Crippen LogP contribution in [0.25, 0.3) is 5.82 Å². The summed E-state index contributed by atoms with van der Waals surface area (Å²) in [6, 6.07) is 5.41. The van der Waals surface area contributed by atoms with Crippen molar-refractivity contribution < 1.29 is 4.79 Å². The molecule has 0 bridgehead atoms. The molecule has 4 heterocycles. The molecule has 1 fully saturated rings. The summed E-state index contributed by atoms with van der Waals surface area (Å²) in [6.07, 6.45) is 4.78. The molecule has 1 unspecified atom stereocenters. The van der Waals surface area contributed by atoms with Gasteiger partial charge in [-0.05, 0) is 39.7 Å². The minimum atomic E-state index is -0.135. The van der Waals surface area contributed by atoms with Crippen molar-refractivity contribution in [1.29, 1.82) is 0 Å². The van der Waals surface area contributed by atoms with Crippen LogP contribution < -0.4 is 15.8 Å². The second kappa shape index (κ2) is 9.29. The third-order valence-electron chi connectivity index (χ3n) is 5.65. The van der Waals surface area contributed by atoms with Crippen molar-refractivity contribution in [2.75, 3.05) is 24.5 Å². The van der Waals surface area contributed by atoms with E-state index in [-0.39, 0.29) is 17.4 Å². The largest absolute Gasteiger partial charge is 0.356 e. The Bertz CT molecular complexity index is 1170. The van der Waals surface area contributed by atoms with E-state index in [1.54, 1.807) is 11.6 Å². The number of rotatable bonds is 6. The fourth-order valence-corrected chi connectivity index (χ4v) is 4.01. The summed E-state index contributed by atoms with van der Waals surface area (Å²) >= 11 is 0. The van der Waals surface area contributed by atoms with Crippen LogP contribution in [-0.2, 0) is 11.3 Å². The fourth-order valence-electron chi connectivity index (χ4n) is 4.01. The minimum Gasteiger partial charge on any atom is -0.356 e. The molecule has 10 heteroatoms. The number of hydrogen-bond donors (Lipinski definition) is 1. The van der Waals surface area contributed by atoms with E-state index in [9.17, 15) is 9.59 Å². The van der Waals surface area contributed by atoms with Gasteiger partial charge in [0.25, 0.3) is 5.56 Å². The molecule has 10 nitrogen and oxygen atoms in total. The standard InChI is InChI=1S/C22H28N8O2/c1-15-10-21(31)29(14-26-15)8-6-23-22(32)18-5-4-7-28(12-18)19-11-20(25-13-24-19)30-17(3)9-16(2)27-30/h9-11,13-14,18H,4-8,12H2,1-3H3,(H,23,32). The van der Waals surface area contributed by atoms with Crippen molar-refractivity contribution >= 4 is 11.7 Å². The maximum absolute atomic E-state index is 12.8. The molecule has 0 aliphatic carbocycles. The number of carbonyl (C=O) groups is 1. The van der Waals surface area contributed by atoms with Crippen molar-refractivity contribution in [2.45, 2.75) is 40.2 Å². The highest BCUT2D eigenvalue weighted by atomic mass is 16.2. The summed E-state index contributed by atoms with van der Waals surface area (Å²) in [5, 5.41) is 7.46. The molecular formula is C22H28N8O2. The average molecular weight is 437 g/mol. The number of aryl methyl sites for hydroxylation is 3. The quantitative estimate of drug-likeness (QED) is 0.618. The number of aromatic nitrogens is 6. The van der Waals surface area contributed by atoms with Crippen LogP contribution >= 0.6 is 0 Å². The molecule has 0 spiro atoms. The zero-order chi connectivity index (χ0) is 22.7. The Morgan fingerprint density at radius 3 is 2.66 bits per heavy atom. The first kappa shape index (κ1) is 21.7. The first-order chi connectivity index (χ1) is 15.4. The van der Waals surface area contributed by atoms with Gasteiger partial charge in [-0.3, -0.25) is 14.2 Å². The fraction of sp³-hybridized carbons (Fsp3) is 0.455. The number of hydrogen-bond acceptors (Lipinski definition) is 7. The molecule has 1 N–H and O–H groups in total. The van der Waals surface area contributed by atoms with E-state index < -0.39 is 0 Å². The first-order valence-corrected chi connectivity index (χ1v) is 10.8. The molecule has 1 aliphatic rings. The Kier molecular flexibility index (Phi) is 6.29. The van der Waals surface area contributed by atoms with Gasteiger partial charge in [0.2, 0.25) is 5.91 Å². The molecule has 1 saturated heterocycles. The van der Waals surface area contributed by atoms with E-state index in [0.29, 0.717) is 31.1 Å².